The first-order valence-electron chi connectivity index (χ1n) is 17.0. The normalized spacial score (nSPS) is 31.3. The molecule has 0 heterocycles. The molecule has 2 saturated carbocycles. The second-order valence-corrected chi connectivity index (χ2v) is 14.3. The summed E-state index contributed by atoms with van der Waals surface area (Å²) in [5, 5.41) is 0. The molecule has 0 aromatic heterocycles. The highest BCUT2D eigenvalue weighted by Crippen LogP contribution is 2.61. The first-order valence-corrected chi connectivity index (χ1v) is 17.0. The van der Waals surface area contributed by atoms with E-state index in [1.807, 2.05) is 44.2 Å². The van der Waals surface area contributed by atoms with Crippen molar-refractivity contribution in [1.29, 1.82) is 0 Å². The molecule has 12 heteroatoms. The van der Waals surface area contributed by atoms with Gasteiger partial charge in [-0.05, 0) is 47.1 Å². The van der Waals surface area contributed by atoms with Crippen molar-refractivity contribution in [3.8, 4) is 0 Å². The third-order valence-electron chi connectivity index (χ3n) is 10.5. The van der Waals surface area contributed by atoms with Crippen LogP contribution in [0.2, 0.25) is 0 Å². The maximum Gasteiger partial charge on any atom is 0.331 e. The number of hydrogen-bond donors (Lipinski definition) is 0. The summed E-state index contributed by atoms with van der Waals surface area (Å²) in [4.78, 5) is 77.4. The van der Waals surface area contributed by atoms with E-state index in [-0.39, 0.29) is 12.8 Å². The maximum atomic E-state index is 13.3. The highest BCUT2D eigenvalue weighted by Gasteiger charge is 2.68. The topological polar surface area (TPSA) is 158 Å². The van der Waals surface area contributed by atoms with Crippen LogP contribution < -0.4 is 0 Å². The number of esters is 6. The van der Waals surface area contributed by atoms with Crippen molar-refractivity contribution in [2.24, 2.45) is 22.7 Å². The number of carbonyl (C=O) groups excluding carboxylic acids is 6. The average Bonchev–Trinajstić information content (AvgIpc) is 3.01. The molecule has 51 heavy (non-hydrogen) atoms. The molecule has 3 aliphatic rings. The predicted molar refractivity (Wildman–Crippen MR) is 183 cm³/mol. The highest BCUT2D eigenvalue weighted by molar-refractivity contribution is 5.87. The maximum absolute atomic E-state index is 13.3. The first-order chi connectivity index (χ1) is 23.8. The Morgan fingerprint density at radius 1 is 0.725 bits per heavy atom. The van der Waals surface area contributed by atoms with Crippen molar-refractivity contribution in [1.82, 2.24) is 0 Å². The molecule has 0 N–H and O–H groups in total. The van der Waals surface area contributed by atoms with Crippen molar-refractivity contribution in [2.45, 2.75) is 112 Å². The van der Waals surface area contributed by atoms with Crippen LogP contribution in [0.5, 0.6) is 0 Å². The minimum absolute atomic E-state index is 0.101. The Hall–Kier alpha value is -4.74. The summed E-state index contributed by atoms with van der Waals surface area (Å²) in [5.41, 5.74) is -0.281. The number of rotatable bonds is 8. The lowest BCUT2D eigenvalue weighted by molar-refractivity contribution is -0.230. The van der Waals surface area contributed by atoms with Crippen molar-refractivity contribution in [3.63, 3.8) is 0 Å². The van der Waals surface area contributed by atoms with Gasteiger partial charge in [0.25, 0.3) is 0 Å². The van der Waals surface area contributed by atoms with Gasteiger partial charge in [0.15, 0.2) is 12.2 Å². The van der Waals surface area contributed by atoms with Crippen molar-refractivity contribution in [3.05, 3.63) is 65.3 Å². The standard InChI is InChI=1S/C39H48O12/c1-20-29(46-22(3)40)18-28-35(48-24(5)42)34-21(2)30(51-32(45)17-16-27-14-12-11-13-15-27)19-31(47-23(4)41)39(34,10)37(50-26(7)44)36(49-25(6)43)33(20)38(28,8)9/h11-17,28-31,34-37H,2,18-19H2,1,3-10H3/t28-,29?,30?,31?,34-,35?,36?,37?,39-/m1/s1. The molecule has 0 amide bonds. The van der Waals surface area contributed by atoms with Crippen molar-refractivity contribution >= 4 is 41.9 Å². The molecule has 2 bridgehead atoms. The Bertz CT molecular complexity index is 1640. The molecule has 0 aliphatic heterocycles. The Balaban J connectivity index is 2.02. The number of benzene rings is 1. The molecular formula is C39H48O12. The van der Waals surface area contributed by atoms with Gasteiger partial charge >= 0.3 is 35.8 Å². The fourth-order valence-electron chi connectivity index (χ4n) is 8.51. The number of fused-ring (bicyclic) bond motifs is 3. The van der Waals surface area contributed by atoms with Crippen molar-refractivity contribution in [2.75, 3.05) is 0 Å². The van der Waals surface area contributed by atoms with Gasteiger partial charge in [-0.25, -0.2) is 4.79 Å². The van der Waals surface area contributed by atoms with Gasteiger partial charge in [0.1, 0.15) is 24.4 Å². The molecular weight excluding hydrogens is 660 g/mol. The van der Waals surface area contributed by atoms with Crippen LogP contribution in [0.15, 0.2) is 59.7 Å². The number of carbonyl (C=O) groups is 6. The fourth-order valence-corrected chi connectivity index (χ4v) is 8.51. The van der Waals surface area contributed by atoms with E-state index in [1.54, 1.807) is 19.9 Å². The molecule has 0 saturated heterocycles. The van der Waals surface area contributed by atoms with Gasteiger partial charge in [-0.3, -0.25) is 24.0 Å². The van der Waals surface area contributed by atoms with E-state index in [2.05, 4.69) is 6.58 Å². The molecule has 4 rings (SSSR count). The molecule has 12 nitrogen and oxygen atoms in total. The summed E-state index contributed by atoms with van der Waals surface area (Å²) in [5.74, 6) is -5.65. The largest absolute Gasteiger partial charge is 0.462 e. The third-order valence-corrected chi connectivity index (χ3v) is 10.5. The Kier molecular flexibility index (Phi) is 11.7. The van der Waals surface area contributed by atoms with Crippen LogP contribution in [0.4, 0.5) is 0 Å². The van der Waals surface area contributed by atoms with Crippen molar-refractivity contribution < 1.29 is 57.2 Å². The van der Waals surface area contributed by atoms with Crippen LogP contribution in [0.1, 0.15) is 80.7 Å². The van der Waals surface area contributed by atoms with E-state index in [4.69, 9.17) is 28.4 Å². The lowest BCUT2D eigenvalue weighted by atomic mass is 9.48. The van der Waals surface area contributed by atoms with E-state index < -0.39 is 95.1 Å². The van der Waals surface area contributed by atoms with Crippen LogP contribution in [-0.2, 0) is 57.2 Å². The second kappa shape index (κ2) is 15.2. The molecule has 2 fully saturated rings. The third kappa shape index (κ3) is 8.10. The molecule has 3 aliphatic carbocycles. The molecule has 1 aromatic carbocycles. The minimum Gasteiger partial charge on any atom is -0.462 e. The monoisotopic (exact) mass is 708 g/mol. The van der Waals surface area contributed by atoms with E-state index in [1.165, 1.54) is 40.7 Å². The minimum atomic E-state index is -1.49. The van der Waals surface area contributed by atoms with Gasteiger partial charge in [0.05, 0.1) is 5.41 Å². The zero-order valence-electron chi connectivity index (χ0n) is 30.7. The zero-order valence-corrected chi connectivity index (χ0v) is 30.7. The van der Waals surface area contributed by atoms with E-state index in [9.17, 15) is 28.8 Å². The highest BCUT2D eigenvalue weighted by atomic mass is 16.6. The zero-order chi connectivity index (χ0) is 38.0. The molecule has 6 unspecified atom stereocenters. The second-order valence-electron chi connectivity index (χ2n) is 14.3. The summed E-state index contributed by atoms with van der Waals surface area (Å²) in [7, 11) is 0. The molecule has 276 valence electrons. The van der Waals surface area contributed by atoms with Crippen LogP contribution >= 0.6 is 0 Å². The smallest absolute Gasteiger partial charge is 0.331 e. The lowest BCUT2D eigenvalue weighted by Gasteiger charge is -2.61. The van der Waals surface area contributed by atoms with Crippen LogP contribution in [0.25, 0.3) is 6.08 Å². The van der Waals surface area contributed by atoms with Gasteiger partial charge in [-0.2, -0.15) is 0 Å². The summed E-state index contributed by atoms with van der Waals surface area (Å²) < 4.78 is 36.2. The van der Waals surface area contributed by atoms with E-state index >= 15 is 0 Å². The van der Waals surface area contributed by atoms with E-state index in [0.29, 0.717) is 16.7 Å². The van der Waals surface area contributed by atoms with Crippen LogP contribution in [0.3, 0.4) is 0 Å². The van der Waals surface area contributed by atoms with Gasteiger partial charge < -0.3 is 28.4 Å². The quantitative estimate of drug-likeness (QED) is 0.150. The number of ether oxygens (including phenoxy) is 6. The predicted octanol–water partition coefficient (Wildman–Crippen LogP) is 5.23. The summed E-state index contributed by atoms with van der Waals surface area (Å²) >= 11 is 0. The van der Waals surface area contributed by atoms with Gasteiger partial charge in [-0.1, -0.05) is 57.7 Å². The van der Waals surface area contributed by atoms with E-state index in [0.717, 1.165) is 5.56 Å². The summed E-state index contributed by atoms with van der Waals surface area (Å²) in [6.45, 7) is 17.8. The lowest BCUT2D eigenvalue weighted by Crippen LogP contribution is -2.68. The molecule has 9 atom stereocenters. The summed E-state index contributed by atoms with van der Waals surface area (Å²) in [6, 6.07) is 9.13. The first kappa shape index (κ1) is 39.1. The molecule has 1 aromatic rings. The Morgan fingerprint density at radius 3 is 1.84 bits per heavy atom. The Labute approximate surface area is 298 Å². The molecule has 0 spiro atoms. The van der Waals surface area contributed by atoms with Crippen LogP contribution in [-0.4, -0.2) is 72.4 Å². The molecule has 0 radical (unpaired) electrons. The SMILES string of the molecule is C=C1C(OC(=O)C=Cc2ccccc2)CC(OC(C)=O)[C@@]2(C)C(OC(C)=O)C(OC(C)=O)C3=C(C)C(OC(C)=O)C[C@H](C(OC(C)=O)[C@@H]12)C3(C)C. The van der Waals surface area contributed by atoms with Crippen LogP contribution in [0, 0.1) is 22.7 Å². The van der Waals surface area contributed by atoms with Gasteiger partial charge in [0.2, 0.25) is 0 Å². The number of hydrogen-bond acceptors (Lipinski definition) is 12. The summed E-state index contributed by atoms with van der Waals surface area (Å²) in [6.07, 6.45) is -3.79. The van der Waals surface area contributed by atoms with Gasteiger partial charge in [0, 0.05) is 59.0 Å². The fraction of sp³-hybridized carbons (Fsp3) is 0.538. The average molecular weight is 709 g/mol. The Morgan fingerprint density at radius 2 is 1.29 bits per heavy atom. The van der Waals surface area contributed by atoms with Gasteiger partial charge in [-0.15, -0.1) is 0 Å².